The van der Waals surface area contributed by atoms with Gasteiger partial charge in [-0.05, 0) is 6.42 Å². The van der Waals surface area contributed by atoms with E-state index in [9.17, 15) is 17.6 Å². The molecule has 0 nitrogen and oxygen atoms in total. The minimum Gasteiger partial charge on any atom is -0.244 e. The summed E-state index contributed by atoms with van der Waals surface area (Å²) in [5, 5.41) is 0. The largest absolute Gasteiger partial charge is 0.281 e. The maximum Gasteiger partial charge on any atom is 0.281 e. The Morgan fingerprint density at radius 3 is 2.09 bits per heavy atom. The molecule has 0 aromatic rings. The highest BCUT2D eigenvalue weighted by molar-refractivity contribution is 4.82. The highest BCUT2D eigenvalue weighted by Crippen LogP contribution is 2.29. The molecule has 0 amide bonds. The maximum absolute atomic E-state index is 12.4. The van der Waals surface area contributed by atoms with Crippen molar-refractivity contribution in [3.05, 3.63) is 6.92 Å². The van der Waals surface area contributed by atoms with Gasteiger partial charge in [0.25, 0.3) is 5.92 Å². The molecule has 0 heterocycles. The molecule has 67 valence electrons. The second-order valence-corrected chi connectivity index (χ2v) is 2.32. The molecule has 0 bridgehead atoms. The number of hydrogen-bond acceptors (Lipinski definition) is 0. The minimum absolute atomic E-state index is 0.462. The van der Waals surface area contributed by atoms with Gasteiger partial charge in [0.05, 0.1) is 0 Å². The molecule has 0 rings (SSSR count). The highest BCUT2D eigenvalue weighted by Gasteiger charge is 2.42. The monoisotopic (exact) mass is 171 g/mol. The van der Waals surface area contributed by atoms with Gasteiger partial charge in [0.2, 0.25) is 0 Å². The molecule has 0 saturated carbocycles. The molecule has 0 spiro atoms. The SMILES string of the molecule is [CH2]CC(F)[C@H](F)C(F)(F)CC. The van der Waals surface area contributed by atoms with Crippen molar-refractivity contribution in [1.82, 2.24) is 0 Å². The lowest BCUT2D eigenvalue weighted by Gasteiger charge is -2.20. The summed E-state index contributed by atoms with van der Waals surface area (Å²) in [7, 11) is 0. The summed E-state index contributed by atoms with van der Waals surface area (Å²) in [5.41, 5.74) is 0. The van der Waals surface area contributed by atoms with Crippen molar-refractivity contribution in [2.45, 2.75) is 38.0 Å². The van der Waals surface area contributed by atoms with Crippen molar-refractivity contribution in [1.29, 1.82) is 0 Å². The second kappa shape index (κ2) is 3.93. The standard InChI is InChI=1S/C7H11F4/c1-3-5(8)6(9)7(10,11)4-2/h5-6H,1,3-4H2,2H3/t5?,6-/m0/s1. The molecule has 4 heteroatoms. The van der Waals surface area contributed by atoms with Crippen molar-refractivity contribution in [3.63, 3.8) is 0 Å². The lowest BCUT2D eigenvalue weighted by Crippen LogP contribution is -2.36. The van der Waals surface area contributed by atoms with Crippen molar-refractivity contribution in [2.75, 3.05) is 0 Å². The van der Waals surface area contributed by atoms with Gasteiger partial charge in [-0.15, -0.1) is 0 Å². The van der Waals surface area contributed by atoms with E-state index >= 15 is 0 Å². The molecule has 0 fully saturated rings. The zero-order valence-corrected chi connectivity index (χ0v) is 6.29. The molecule has 0 aromatic heterocycles. The van der Waals surface area contributed by atoms with Gasteiger partial charge in [-0.1, -0.05) is 13.8 Å². The molecule has 0 saturated heterocycles. The summed E-state index contributed by atoms with van der Waals surface area (Å²) in [5.74, 6) is -3.56. The summed E-state index contributed by atoms with van der Waals surface area (Å²) < 4.78 is 49.4. The molecule has 2 atom stereocenters. The van der Waals surface area contributed by atoms with E-state index in [-0.39, 0.29) is 0 Å². The van der Waals surface area contributed by atoms with Crippen LogP contribution < -0.4 is 0 Å². The number of rotatable bonds is 4. The molecule has 0 aliphatic heterocycles. The quantitative estimate of drug-likeness (QED) is 0.570. The maximum atomic E-state index is 12.4. The molecular weight excluding hydrogens is 160 g/mol. The minimum atomic E-state index is -3.56. The fraction of sp³-hybridized carbons (Fsp3) is 0.857. The highest BCUT2D eigenvalue weighted by atomic mass is 19.3. The predicted molar refractivity (Wildman–Crippen MR) is 35.0 cm³/mol. The molecule has 1 unspecified atom stereocenters. The lowest BCUT2D eigenvalue weighted by atomic mass is 10.1. The average molecular weight is 171 g/mol. The van der Waals surface area contributed by atoms with E-state index in [1.165, 1.54) is 0 Å². The molecular formula is C7H11F4. The van der Waals surface area contributed by atoms with E-state index < -0.39 is 31.1 Å². The van der Waals surface area contributed by atoms with Gasteiger partial charge in [-0.25, -0.2) is 17.6 Å². The lowest BCUT2D eigenvalue weighted by molar-refractivity contribution is -0.101. The Morgan fingerprint density at radius 1 is 1.36 bits per heavy atom. The van der Waals surface area contributed by atoms with Crippen LogP contribution in [0.2, 0.25) is 0 Å². The summed E-state index contributed by atoms with van der Waals surface area (Å²) in [6, 6.07) is 0. The van der Waals surface area contributed by atoms with Crippen molar-refractivity contribution in [3.8, 4) is 0 Å². The molecule has 11 heavy (non-hydrogen) atoms. The zero-order chi connectivity index (χ0) is 9.07. The normalized spacial score (nSPS) is 18.0. The van der Waals surface area contributed by atoms with Crippen LogP contribution >= 0.6 is 0 Å². The van der Waals surface area contributed by atoms with E-state index in [0.29, 0.717) is 0 Å². The van der Waals surface area contributed by atoms with E-state index in [4.69, 9.17) is 0 Å². The summed E-state index contributed by atoms with van der Waals surface area (Å²) in [4.78, 5) is 0. The molecule has 0 aliphatic carbocycles. The van der Waals surface area contributed by atoms with Gasteiger partial charge in [0.15, 0.2) is 6.17 Å². The van der Waals surface area contributed by atoms with E-state index in [1.807, 2.05) is 0 Å². The van der Waals surface area contributed by atoms with E-state index in [0.717, 1.165) is 6.92 Å². The smallest absolute Gasteiger partial charge is 0.244 e. The van der Waals surface area contributed by atoms with Gasteiger partial charge in [0, 0.05) is 6.42 Å². The topological polar surface area (TPSA) is 0 Å². The first-order chi connectivity index (χ1) is 4.95. The Morgan fingerprint density at radius 2 is 1.82 bits per heavy atom. The average Bonchev–Trinajstić information content (AvgIpc) is 2.01. The third-order valence-electron chi connectivity index (χ3n) is 1.47. The zero-order valence-electron chi connectivity index (χ0n) is 6.29. The number of halogens is 4. The Balaban J connectivity index is 4.10. The van der Waals surface area contributed by atoms with Crippen LogP contribution in [0.4, 0.5) is 17.6 Å². The van der Waals surface area contributed by atoms with Crippen LogP contribution in [-0.4, -0.2) is 18.3 Å². The molecule has 1 radical (unpaired) electrons. The van der Waals surface area contributed by atoms with E-state index in [2.05, 4.69) is 6.92 Å². The van der Waals surface area contributed by atoms with Gasteiger partial charge in [-0.3, -0.25) is 0 Å². The second-order valence-electron chi connectivity index (χ2n) is 2.32. The van der Waals surface area contributed by atoms with Crippen LogP contribution in [0, 0.1) is 6.92 Å². The van der Waals surface area contributed by atoms with Gasteiger partial charge in [0.1, 0.15) is 6.17 Å². The van der Waals surface area contributed by atoms with Gasteiger partial charge < -0.3 is 0 Å². The van der Waals surface area contributed by atoms with Gasteiger partial charge in [-0.2, -0.15) is 0 Å². The first kappa shape index (κ1) is 10.7. The number of hydrogen-bond donors (Lipinski definition) is 0. The summed E-state index contributed by atoms with van der Waals surface area (Å²) >= 11 is 0. The Kier molecular flexibility index (Phi) is 3.83. The van der Waals surface area contributed by atoms with Crippen LogP contribution in [0.15, 0.2) is 0 Å². The van der Waals surface area contributed by atoms with Crippen LogP contribution in [0.5, 0.6) is 0 Å². The first-order valence-corrected chi connectivity index (χ1v) is 3.41. The molecule has 0 aromatic carbocycles. The van der Waals surface area contributed by atoms with Crippen molar-refractivity contribution in [2.24, 2.45) is 0 Å². The fourth-order valence-corrected chi connectivity index (χ4v) is 0.606. The van der Waals surface area contributed by atoms with Crippen LogP contribution in [0.25, 0.3) is 0 Å². The summed E-state index contributed by atoms with van der Waals surface area (Å²) in [6.07, 6.45) is -6.03. The molecule has 0 N–H and O–H groups in total. The fourth-order valence-electron chi connectivity index (χ4n) is 0.606. The third kappa shape index (κ3) is 2.67. The van der Waals surface area contributed by atoms with Gasteiger partial charge >= 0.3 is 0 Å². The summed E-state index contributed by atoms with van der Waals surface area (Å²) in [6.45, 7) is 4.12. The third-order valence-corrected chi connectivity index (χ3v) is 1.47. The van der Waals surface area contributed by atoms with Crippen LogP contribution in [0.1, 0.15) is 19.8 Å². The predicted octanol–water partition coefficient (Wildman–Crippen LogP) is 2.93. The van der Waals surface area contributed by atoms with Crippen LogP contribution in [-0.2, 0) is 0 Å². The first-order valence-electron chi connectivity index (χ1n) is 3.41. The van der Waals surface area contributed by atoms with Crippen molar-refractivity contribution < 1.29 is 17.6 Å². The Bertz CT molecular complexity index is 113. The van der Waals surface area contributed by atoms with Crippen LogP contribution in [0.3, 0.4) is 0 Å². The number of alkyl halides is 4. The van der Waals surface area contributed by atoms with Crippen molar-refractivity contribution >= 4 is 0 Å². The van der Waals surface area contributed by atoms with E-state index in [1.54, 1.807) is 0 Å². The molecule has 0 aliphatic rings. The Hall–Kier alpha value is -0.280. The Labute approximate surface area is 63.6 Å².